The second-order valence-electron chi connectivity index (χ2n) is 8.12. The molecule has 4 aromatic rings. The summed E-state index contributed by atoms with van der Waals surface area (Å²) in [7, 11) is 4.96. The van der Waals surface area contributed by atoms with Gasteiger partial charge in [0.15, 0.2) is 11.6 Å². The molecule has 0 radical (unpaired) electrons. The van der Waals surface area contributed by atoms with Crippen LogP contribution in [0.3, 0.4) is 0 Å². The number of likely N-dealkylation sites (N-methyl/N-ethyl adjacent to an activating group) is 1. The number of rotatable bonds is 7. The Bertz CT molecular complexity index is 1380. The zero-order chi connectivity index (χ0) is 24.6. The number of carbonyl (C=O) groups excluding carboxylic acids is 1. The van der Waals surface area contributed by atoms with Crippen LogP contribution in [-0.4, -0.2) is 71.5 Å². The summed E-state index contributed by atoms with van der Waals surface area (Å²) in [4.78, 5) is 31.6. The number of amides is 1. The maximum atomic E-state index is 12.4. The number of nitrogens with zero attached hydrogens (tertiary/aromatic N) is 8. The van der Waals surface area contributed by atoms with Gasteiger partial charge < -0.3 is 19.3 Å². The van der Waals surface area contributed by atoms with Crippen LogP contribution in [0, 0.1) is 0 Å². The van der Waals surface area contributed by atoms with Crippen molar-refractivity contribution in [2.24, 2.45) is 7.05 Å². The fourth-order valence-electron chi connectivity index (χ4n) is 3.79. The summed E-state index contributed by atoms with van der Waals surface area (Å²) >= 11 is 0. The number of aliphatic hydroxyl groups is 1. The first-order chi connectivity index (χ1) is 16.9. The maximum absolute atomic E-state index is 12.4. The van der Waals surface area contributed by atoms with Gasteiger partial charge >= 0.3 is 0 Å². The van der Waals surface area contributed by atoms with E-state index < -0.39 is 11.5 Å². The predicted molar refractivity (Wildman–Crippen MR) is 122 cm³/mol. The quantitative estimate of drug-likeness (QED) is 0.395. The average Bonchev–Trinajstić information content (AvgIpc) is 3.56. The largest absolute Gasteiger partial charge is 0.377 e. The molecule has 2 N–H and O–H groups in total. The van der Waals surface area contributed by atoms with E-state index in [1.807, 2.05) is 6.07 Å². The Labute approximate surface area is 199 Å². The third-order valence-corrected chi connectivity index (χ3v) is 5.66. The molecule has 0 saturated carbocycles. The minimum Gasteiger partial charge on any atom is -0.377 e. The summed E-state index contributed by atoms with van der Waals surface area (Å²) in [5, 5.41) is 22.1. The van der Waals surface area contributed by atoms with Crippen LogP contribution in [0.25, 0.3) is 22.8 Å². The minimum absolute atomic E-state index is 0.0964. The first kappa shape index (κ1) is 22.6. The van der Waals surface area contributed by atoms with Gasteiger partial charge in [-0.2, -0.15) is 10.1 Å². The SMILES string of the molecule is COCc1nc(Nc2nccc(-c3cccc(-c4cc(C5(O)CCN(C)C5=O)on4)n3)n2)n(C)n1. The molecule has 35 heavy (non-hydrogen) atoms. The van der Waals surface area contributed by atoms with E-state index in [2.05, 4.69) is 35.5 Å². The fraction of sp³-hybridized carbons (Fsp3) is 0.318. The van der Waals surface area contributed by atoms with E-state index in [1.165, 1.54) is 4.90 Å². The number of carbonyl (C=O) groups is 1. The number of hydrogen-bond donors (Lipinski definition) is 2. The minimum atomic E-state index is -1.71. The number of ether oxygens (including phenoxy) is 1. The topological polar surface area (TPSA) is 157 Å². The van der Waals surface area contributed by atoms with Gasteiger partial charge in [-0.25, -0.2) is 19.6 Å². The van der Waals surface area contributed by atoms with E-state index in [9.17, 15) is 9.90 Å². The number of anilines is 2. The van der Waals surface area contributed by atoms with Crippen LogP contribution in [0.2, 0.25) is 0 Å². The molecular weight excluding hydrogens is 454 g/mol. The summed E-state index contributed by atoms with van der Waals surface area (Å²) in [6, 6.07) is 8.65. The lowest BCUT2D eigenvalue weighted by molar-refractivity contribution is -0.144. The lowest BCUT2D eigenvalue weighted by atomic mass is 9.98. The second-order valence-corrected chi connectivity index (χ2v) is 8.12. The van der Waals surface area contributed by atoms with Gasteiger partial charge in [0.2, 0.25) is 17.5 Å². The van der Waals surface area contributed by atoms with Crippen molar-refractivity contribution in [1.82, 2.24) is 39.8 Å². The Balaban J connectivity index is 1.39. The molecule has 0 aromatic carbocycles. The van der Waals surface area contributed by atoms with Gasteiger partial charge in [0, 0.05) is 46.4 Å². The van der Waals surface area contributed by atoms with Crippen LogP contribution in [0.1, 0.15) is 18.0 Å². The molecular formula is C22H23N9O4. The van der Waals surface area contributed by atoms with Crippen LogP contribution in [0.4, 0.5) is 11.9 Å². The van der Waals surface area contributed by atoms with Crippen molar-refractivity contribution in [3.8, 4) is 22.8 Å². The Morgan fingerprint density at radius 1 is 1.14 bits per heavy atom. The van der Waals surface area contributed by atoms with E-state index in [4.69, 9.17) is 9.26 Å². The first-order valence-electron chi connectivity index (χ1n) is 10.8. The molecule has 1 aliphatic rings. The number of methoxy groups -OCH3 is 1. The van der Waals surface area contributed by atoms with Gasteiger partial charge in [-0.3, -0.25) is 10.1 Å². The molecule has 4 aromatic heterocycles. The van der Waals surface area contributed by atoms with Gasteiger partial charge in [0.1, 0.15) is 12.3 Å². The van der Waals surface area contributed by atoms with Crippen molar-refractivity contribution in [2.75, 3.05) is 26.0 Å². The van der Waals surface area contributed by atoms with Gasteiger partial charge in [-0.1, -0.05) is 11.2 Å². The monoisotopic (exact) mass is 477 g/mol. The second kappa shape index (κ2) is 8.85. The van der Waals surface area contributed by atoms with Gasteiger partial charge in [-0.15, -0.1) is 0 Å². The zero-order valence-corrected chi connectivity index (χ0v) is 19.3. The molecule has 1 aliphatic heterocycles. The highest BCUT2D eigenvalue weighted by Crippen LogP contribution is 2.34. The summed E-state index contributed by atoms with van der Waals surface area (Å²) in [6.07, 6.45) is 1.84. The van der Waals surface area contributed by atoms with Crippen molar-refractivity contribution >= 4 is 17.8 Å². The maximum Gasteiger partial charge on any atom is 0.262 e. The van der Waals surface area contributed by atoms with Gasteiger partial charge in [-0.05, 0) is 18.2 Å². The molecule has 0 aliphatic carbocycles. The van der Waals surface area contributed by atoms with E-state index in [0.717, 1.165) is 0 Å². The lowest BCUT2D eigenvalue weighted by Gasteiger charge is -2.16. The third kappa shape index (κ3) is 4.22. The number of aromatic nitrogens is 7. The molecule has 0 spiro atoms. The van der Waals surface area contributed by atoms with E-state index in [-0.39, 0.29) is 12.2 Å². The van der Waals surface area contributed by atoms with Crippen molar-refractivity contribution < 1.29 is 19.2 Å². The normalized spacial score (nSPS) is 17.8. The van der Waals surface area contributed by atoms with Crippen molar-refractivity contribution in [3.63, 3.8) is 0 Å². The van der Waals surface area contributed by atoms with E-state index in [0.29, 0.717) is 53.6 Å². The van der Waals surface area contributed by atoms with Crippen molar-refractivity contribution in [1.29, 1.82) is 0 Å². The lowest BCUT2D eigenvalue weighted by Crippen LogP contribution is -2.35. The molecule has 13 nitrogen and oxygen atoms in total. The van der Waals surface area contributed by atoms with Crippen LogP contribution < -0.4 is 5.32 Å². The molecule has 180 valence electrons. The fourth-order valence-corrected chi connectivity index (χ4v) is 3.79. The third-order valence-electron chi connectivity index (χ3n) is 5.66. The van der Waals surface area contributed by atoms with Crippen molar-refractivity contribution in [3.05, 3.63) is 48.1 Å². The number of aryl methyl sites for hydroxylation is 1. The van der Waals surface area contributed by atoms with Crippen LogP contribution in [0.15, 0.2) is 41.1 Å². The molecule has 1 fully saturated rings. The summed E-state index contributed by atoms with van der Waals surface area (Å²) < 4.78 is 12.0. The molecule has 0 bridgehead atoms. The van der Waals surface area contributed by atoms with Crippen LogP contribution in [-0.2, 0) is 28.8 Å². The summed E-state index contributed by atoms with van der Waals surface area (Å²) in [5.41, 5.74) is 0.332. The first-order valence-corrected chi connectivity index (χ1v) is 10.8. The Hall–Kier alpha value is -4.23. The molecule has 1 unspecified atom stereocenters. The Kier molecular flexibility index (Phi) is 5.70. The van der Waals surface area contributed by atoms with Crippen LogP contribution >= 0.6 is 0 Å². The number of likely N-dealkylation sites (tertiary alicyclic amines) is 1. The average molecular weight is 477 g/mol. The zero-order valence-electron chi connectivity index (χ0n) is 19.3. The number of nitrogens with one attached hydrogen (secondary N) is 1. The molecule has 5 heterocycles. The smallest absolute Gasteiger partial charge is 0.262 e. The Morgan fingerprint density at radius 3 is 2.66 bits per heavy atom. The highest BCUT2D eigenvalue weighted by Gasteiger charge is 2.48. The standard InChI is InChI=1S/C22H23N9O4/c1-30-10-8-22(33,19(30)32)17-11-16(29-35-17)14-6-4-5-13(24-14)15-7-9-23-20(25-15)27-21-26-18(12-34-3)28-31(21)2/h4-7,9,11,33H,8,10,12H2,1-3H3,(H,23,25,26,27,28). The molecule has 1 amide bonds. The molecule has 1 saturated heterocycles. The van der Waals surface area contributed by atoms with E-state index in [1.54, 1.807) is 56.3 Å². The van der Waals surface area contributed by atoms with Crippen LogP contribution in [0.5, 0.6) is 0 Å². The molecule has 13 heteroatoms. The molecule has 1 atom stereocenters. The highest BCUT2D eigenvalue weighted by atomic mass is 16.5. The molecule has 5 rings (SSSR count). The van der Waals surface area contributed by atoms with E-state index >= 15 is 0 Å². The highest BCUT2D eigenvalue weighted by molar-refractivity contribution is 5.87. The van der Waals surface area contributed by atoms with Gasteiger partial charge in [0.05, 0.1) is 17.1 Å². The summed E-state index contributed by atoms with van der Waals surface area (Å²) in [6.45, 7) is 0.727. The number of hydrogen-bond acceptors (Lipinski definition) is 11. The number of pyridine rings is 1. The van der Waals surface area contributed by atoms with Crippen molar-refractivity contribution in [2.45, 2.75) is 18.6 Å². The predicted octanol–water partition coefficient (Wildman–Crippen LogP) is 1.26. The Morgan fingerprint density at radius 2 is 1.91 bits per heavy atom. The summed E-state index contributed by atoms with van der Waals surface area (Å²) in [5.74, 6) is 1.00. The van der Waals surface area contributed by atoms with Gasteiger partial charge in [0.25, 0.3) is 5.91 Å².